The number of halogens is 5. The van der Waals surface area contributed by atoms with Gasteiger partial charge in [0.15, 0.2) is 0 Å². The van der Waals surface area contributed by atoms with E-state index in [1.807, 2.05) is 0 Å². The van der Waals surface area contributed by atoms with E-state index < -0.39 is 23.7 Å². The van der Waals surface area contributed by atoms with Gasteiger partial charge in [0.05, 0.1) is 5.56 Å². The highest BCUT2D eigenvalue weighted by atomic mass is 19.4. The van der Waals surface area contributed by atoms with Gasteiger partial charge in [0.2, 0.25) is 0 Å². The molecule has 0 aliphatic rings. The van der Waals surface area contributed by atoms with Gasteiger partial charge in [-0.05, 0) is 29.8 Å². The van der Waals surface area contributed by atoms with Crippen molar-refractivity contribution in [3.8, 4) is 22.9 Å². The first-order valence-electron chi connectivity index (χ1n) is 5.55. The Morgan fingerprint density at radius 2 is 1.71 bits per heavy atom. The Kier molecular flexibility index (Phi) is 3.80. The lowest BCUT2D eigenvalue weighted by molar-refractivity contribution is -0.274. The van der Waals surface area contributed by atoms with Gasteiger partial charge < -0.3 is 4.74 Å². The molecule has 0 aliphatic heterocycles. The average Bonchev–Trinajstić information content (AvgIpc) is 2.36. The molecule has 0 amide bonds. The fourth-order valence-electron chi connectivity index (χ4n) is 1.71. The van der Waals surface area contributed by atoms with Crippen LogP contribution in [0.1, 0.15) is 5.56 Å². The van der Waals surface area contributed by atoms with Crippen LogP contribution in [0.4, 0.5) is 22.0 Å². The molecule has 0 radical (unpaired) electrons. The molecule has 0 heterocycles. The summed E-state index contributed by atoms with van der Waals surface area (Å²) in [5, 5.41) is 8.75. The summed E-state index contributed by atoms with van der Waals surface area (Å²) in [7, 11) is 0. The lowest BCUT2D eigenvalue weighted by atomic mass is 10.0. The molecule has 2 aromatic carbocycles. The second kappa shape index (κ2) is 5.40. The Morgan fingerprint density at radius 1 is 1.00 bits per heavy atom. The Labute approximate surface area is 116 Å². The van der Waals surface area contributed by atoms with Crippen LogP contribution in [0.3, 0.4) is 0 Å². The highest BCUT2D eigenvalue weighted by molar-refractivity contribution is 5.67. The van der Waals surface area contributed by atoms with E-state index in [0.29, 0.717) is 6.07 Å². The lowest BCUT2D eigenvalue weighted by Crippen LogP contribution is -2.17. The third-order valence-electron chi connectivity index (χ3n) is 2.57. The van der Waals surface area contributed by atoms with E-state index in [0.717, 1.165) is 24.3 Å². The molecule has 0 aromatic heterocycles. The predicted molar refractivity (Wildman–Crippen MR) is 63.2 cm³/mol. The number of ether oxygens (including phenoxy) is 1. The molecular formula is C14H6F5NO. The first-order chi connectivity index (χ1) is 9.80. The van der Waals surface area contributed by atoms with E-state index in [2.05, 4.69) is 4.74 Å². The van der Waals surface area contributed by atoms with Gasteiger partial charge in [-0.1, -0.05) is 6.07 Å². The molecule has 0 spiro atoms. The molecule has 2 rings (SSSR count). The standard InChI is InChI=1S/C14H6F5NO/c15-10-3-4-11(12(16)6-10)8-1-2-9(7-20)13(5-8)21-14(17,18)19/h1-6H. The summed E-state index contributed by atoms with van der Waals surface area (Å²) < 4.78 is 67.0. The molecule has 0 fully saturated rings. The summed E-state index contributed by atoms with van der Waals surface area (Å²) in [6.45, 7) is 0. The predicted octanol–water partition coefficient (Wildman–Crippen LogP) is 4.40. The molecule has 7 heteroatoms. The van der Waals surface area contributed by atoms with Crippen molar-refractivity contribution in [3.63, 3.8) is 0 Å². The zero-order valence-corrected chi connectivity index (χ0v) is 10.2. The van der Waals surface area contributed by atoms with Gasteiger partial charge in [-0.15, -0.1) is 13.2 Å². The lowest BCUT2D eigenvalue weighted by Gasteiger charge is -2.12. The minimum atomic E-state index is -4.98. The number of nitriles is 1. The molecule has 0 unspecified atom stereocenters. The quantitative estimate of drug-likeness (QED) is 0.770. The van der Waals surface area contributed by atoms with Gasteiger partial charge in [-0.2, -0.15) is 5.26 Å². The summed E-state index contributed by atoms with van der Waals surface area (Å²) in [6, 6.07) is 7.40. The van der Waals surface area contributed by atoms with Crippen LogP contribution in [-0.4, -0.2) is 6.36 Å². The van der Waals surface area contributed by atoms with Crippen LogP contribution >= 0.6 is 0 Å². The molecule has 0 aliphatic carbocycles. The van der Waals surface area contributed by atoms with Crippen molar-refractivity contribution in [2.75, 3.05) is 0 Å². The van der Waals surface area contributed by atoms with Crippen molar-refractivity contribution in [3.05, 3.63) is 53.6 Å². The van der Waals surface area contributed by atoms with E-state index in [1.54, 1.807) is 6.07 Å². The van der Waals surface area contributed by atoms with Crippen molar-refractivity contribution in [2.24, 2.45) is 0 Å². The maximum absolute atomic E-state index is 13.6. The molecule has 0 saturated heterocycles. The average molecular weight is 299 g/mol. The van der Waals surface area contributed by atoms with Crippen molar-refractivity contribution in [1.82, 2.24) is 0 Å². The van der Waals surface area contributed by atoms with Crippen LogP contribution in [-0.2, 0) is 0 Å². The van der Waals surface area contributed by atoms with Gasteiger partial charge in [0, 0.05) is 11.6 Å². The highest BCUT2D eigenvalue weighted by Crippen LogP contribution is 2.32. The van der Waals surface area contributed by atoms with E-state index >= 15 is 0 Å². The normalized spacial score (nSPS) is 11.0. The summed E-state index contributed by atoms with van der Waals surface area (Å²) in [6.07, 6.45) is -4.98. The van der Waals surface area contributed by atoms with Crippen LogP contribution in [0, 0.1) is 23.0 Å². The van der Waals surface area contributed by atoms with Gasteiger partial charge in [0.25, 0.3) is 0 Å². The third kappa shape index (κ3) is 3.48. The molecule has 2 aromatic rings. The number of alkyl halides is 3. The summed E-state index contributed by atoms with van der Waals surface area (Å²) >= 11 is 0. The monoisotopic (exact) mass is 299 g/mol. The van der Waals surface area contributed by atoms with E-state index in [1.165, 1.54) is 6.07 Å². The molecule has 0 saturated carbocycles. The van der Waals surface area contributed by atoms with Gasteiger partial charge in [-0.25, -0.2) is 8.78 Å². The molecule has 21 heavy (non-hydrogen) atoms. The maximum Gasteiger partial charge on any atom is 0.573 e. The van der Waals surface area contributed by atoms with Crippen molar-refractivity contribution < 1.29 is 26.7 Å². The number of nitrogens with zero attached hydrogens (tertiary/aromatic N) is 1. The topological polar surface area (TPSA) is 33.0 Å². The summed E-state index contributed by atoms with van der Waals surface area (Å²) in [5.41, 5.74) is -0.419. The third-order valence-corrected chi connectivity index (χ3v) is 2.57. The zero-order chi connectivity index (χ0) is 15.6. The van der Waals surface area contributed by atoms with Crippen LogP contribution in [0.15, 0.2) is 36.4 Å². The summed E-state index contributed by atoms with van der Waals surface area (Å²) in [5.74, 6) is -2.49. The number of hydrogen-bond acceptors (Lipinski definition) is 2. The number of benzene rings is 2. The molecular weight excluding hydrogens is 293 g/mol. The Balaban J connectivity index is 2.51. The first kappa shape index (κ1) is 14.8. The van der Waals surface area contributed by atoms with Crippen LogP contribution < -0.4 is 4.74 Å². The Hall–Kier alpha value is -2.62. The molecule has 2 nitrogen and oxygen atoms in total. The Bertz CT molecular complexity index is 718. The number of rotatable bonds is 2. The molecule has 0 bridgehead atoms. The fourth-order valence-corrected chi connectivity index (χ4v) is 1.71. The second-order valence-corrected chi connectivity index (χ2v) is 3.99. The van der Waals surface area contributed by atoms with Crippen LogP contribution in [0.25, 0.3) is 11.1 Å². The van der Waals surface area contributed by atoms with Gasteiger partial charge in [-0.3, -0.25) is 0 Å². The van der Waals surface area contributed by atoms with Crippen molar-refractivity contribution >= 4 is 0 Å². The SMILES string of the molecule is N#Cc1ccc(-c2ccc(F)cc2F)cc1OC(F)(F)F. The minimum Gasteiger partial charge on any atom is -0.404 e. The Morgan fingerprint density at radius 3 is 2.29 bits per heavy atom. The van der Waals surface area contributed by atoms with Crippen molar-refractivity contribution in [2.45, 2.75) is 6.36 Å². The summed E-state index contributed by atoms with van der Waals surface area (Å²) in [4.78, 5) is 0. The largest absolute Gasteiger partial charge is 0.573 e. The molecule has 0 atom stereocenters. The fraction of sp³-hybridized carbons (Fsp3) is 0.0714. The van der Waals surface area contributed by atoms with Gasteiger partial charge >= 0.3 is 6.36 Å². The van der Waals surface area contributed by atoms with E-state index in [4.69, 9.17) is 5.26 Å². The first-order valence-corrected chi connectivity index (χ1v) is 5.55. The van der Waals surface area contributed by atoms with Crippen LogP contribution in [0.2, 0.25) is 0 Å². The second-order valence-electron chi connectivity index (χ2n) is 3.99. The van der Waals surface area contributed by atoms with Gasteiger partial charge in [0.1, 0.15) is 23.5 Å². The highest BCUT2D eigenvalue weighted by Gasteiger charge is 2.32. The maximum atomic E-state index is 13.6. The minimum absolute atomic E-state index is 0.0331. The zero-order valence-electron chi connectivity index (χ0n) is 10.2. The molecule has 0 N–H and O–H groups in total. The van der Waals surface area contributed by atoms with E-state index in [-0.39, 0.29) is 16.7 Å². The van der Waals surface area contributed by atoms with Crippen molar-refractivity contribution in [1.29, 1.82) is 5.26 Å². The molecule has 108 valence electrons. The van der Waals surface area contributed by atoms with Crippen LogP contribution in [0.5, 0.6) is 5.75 Å². The smallest absolute Gasteiger partial charge is 0.404 e. The van der Waals surface area contributed by atoms with E-state index in [9.17, 15) is 22.0 Å². The number of hydrogen-bond donors (Lipinski definition) is 0.